The van der Waals surface area contributed by atoms with Gasteiger partial charge in [-0.2, -0.15) is 28.2 Å². The minimum atomic E-state index is -4.53. The zero-order valence-corrected chi connectivity index (χ0v) is 19.2. The fourth-order valence-corrected chi connectivity index (χ4v) is 4.64. The van der Waals surface area contributed by atoms with Gasteiger partial charge in [0, 0.05) is 13.1 Å². The molecule has 3 heterocycles. The maximum atomic E-state index is 13.7. The number of likely N-dealkylation sites (tertiary alicyclic amines) is 1. The van der Waals surface area contributed by atoms with Crippen LogP contribution in [0.1, 0.15) is 46.4 Å². The molecule has 1 aromatic carbocycles. The van der Waals surface area contributed by atoms with Gasteiger partial charge in [0.05, 0.1) is 29.2 Å². The molecule has 33 heavy (non-hydrogen) atoms. The summed E-state index contributed by atoms with van der Waals surface area (Å²) in [7, 11) is 0. The number of anilines is 1. The molecule has 12 heteroatoms. The van der Waals surface area contributed by atoms with Gasteiger partial charge in [-0.1, -0.05) is 29.9 Å². The number of halogens is 3. The molecule has 1 aliphatic heterocycles. The second-order valence-corrected chi connectivity index (χ2v) is 9.25. The summed E-state index contributed by atoms with van der Waals surface area (Å²) in [6.45, 7) is 6.61. The topological polar surface area (TPSA) is 88.8 Å². The molecule has 3 aromatic rings. The van der Waals surface area contributed by atoms with Gasteiger partial charge in [-0.05, 0) is 44.7 Å². The highest BCUT2D eigenvalue weighted by molar-refractivity contribution is 7.15. The molecule has 176 valence electrons. The van der Waals surface area contributed by atoms with Crippen molar-refractivity contribution in [3.8, 4) is 5.69 Å². The smallest absolute Gasteiger partial charge is 0.358 e. The fraction of sp³-hybridized carbons (Fsp3) is 0.476. The first kappa shape index (κ1) is 23.1. The van der Waals surface area contributed by atoms with Gasteiger partial charge in [-0.15, -0.1) is 10.2 Å². The van der Waals surface area contributed by atoms with Gasteiger partial charge in [0.25, 0.3) is 5.91 Å². The van der Waals surface area contributed by atoms with Crippen LogP contribution in [0.2, 0.25) is 0 Å². The summed E-state index contributed by atoms with van der Waals surface area (Å²) in [6, 6.07) is 5.32. The number of hydrogen-bond acceptors (Lipinski definition) is 7. The normalized spacial score (nSPS) is 19.0. The number of carbonyl (C=O) groups is 1. The third kappa shape index (κ3) is 5.00. The number of benzene rings is 1. The lowest BCUT2D eigenvalue weighted by molar-refractivity contribution is -0.138. The number of alkyl halides is 3. The average molecular weight is 480 g/mol. The lowest BCUT2D eigenvalue weighted by Crippen LogP contribution is -2.51. The minimum Gasteiger partial charge on any atom is -0.358 e. The summed E-state index contributed by atoms with van der Waals surface area (Å²) >= 11 is 0.458. The molecule has 1 saturated heterocycles. The number of hydrogen-bond donors (Lipinski definition) is 1. The van der Waals surface area contributed by atoms with E-state index < -0.39 is 11.2 Å². The van der Waals surface area contributed by atoms with Crippen molar-refractivity contribution in [2.24, 2.45) is 5.92 Å². The van der Waals surface area contributed by atoms with E-state index in [0.717, 1.165) is 24.1 Å². The Morgan fingerprint density at radius 1 is 1.27 bits per heavy atom. The van der Waals surface area contributed by atoms with Gasteiger partial charge >= 0.3 is 6.18 Å². The van der Waals surface area contributed by atoms with Crippen molar-refractivity contribution in [3.63, 3.8) is 0 Å². The van der Waals surface area contributed by atoms with Crippen LogP contribution in [0.15, 0.2) is 24.4 Å². The Labute approximate surface area is 192 Å². The molecule has 0 spiro atoms. The predicted octanol–water partition coefficient (Wildman–Crippen LogP) is 4.11. The molecule has 0 radical (unpaired) electrons. The molecule has 0 unspecified atom stereocenters. The predicted molar refractivity (Wildman–Crippen MR) is 117 cm³/mol. The number of piperidine rings is 1. The van der Waals surface area contributed by atoms with E-state index in [0.29, 0.717) is 29.1 Å². The molecular formula is C21H24F3N7OS. The first-order valence-corrected chi connectivity index (χ1v) is 11.4. The molecule has 1 fully saturated rings. The van der Waals surface area contributed by atoms with Gasteiger partial charge in [-0.25, -0.2) is 0 Å². The molecule has 1 amide bonds. The molecule has 2 atom stereocenters. The van der Waals surface area contributed by atoms with Crippen LogP contribution in [0.25, 0.3) is 5.69 Å². The van der Waals surface area contributed by atoms with Gasteiger partial charge in [0.2, 0.25) is 10.1 Å². The number of nitrogens with zero attached hydrogens (tertiary/aromatic N) is 6. The molecular weight excluding hydrogens is 455 g/mol. The zero-order chi connectivity index (χ0) is 23.8. The van der Waals surface area contributed by atoms with E-state index in [2.05, 4.69) is 25.7 Å². The fourth-order valence-electron chi connectivity index (χ4n) is 4.02. The van der Waals surface area contributed by atoms with Crippen LogP contribution in [0.4, 0.5) is 18.3 Å². The first-order valence-electron chi connectivity index (χ1n) is 10.6. The van der Waals surface area contributed by atoms with Crippen LogP contribution in [0.3, 0.4) is 0 Å². The highest BCUT2D eigenvalue weighted by Gasteiger charge is 2.37. The first-order chi connectivity index (χ1) is 15.6. The maximum absolute atomic E-state index is 13.7. The molecule has 0 aliphatic carbocycles. The zero-order valence-electron chi connectivity index (χ0n) is 18.4. The summed E-state index contributed by atoms with van der Waals surface area (Å²) in [5, 5.41) is 17.5. The number of amides is 1. The van der Waals surface area contributed by atoms with Crippen molar-refractivity contribution < 1.29 is 18.0 Å². The summed E-state index contributed by atoms with van der Waals surface area (Å²) < 4.78 is 38.5. The Hall–Kier alpha value is -3.02. The molecule has 8 nitrogen and oxygen atoms in total. The Kier molecular flexibility index (Phi) is 6.37. The van der Waals surface area contributed by atoms with Gasteiger partial charge in [0.15, 0.2) is 0 Å². The Balaban J connectivity index is 1.58. The van der Waals surface area contributed by atoms with Gasteiger partial charge in [-0.3, -0.25) is 4.79 Å². The molecule has 1 aliphatic rings. The standard InChI is InChI=1S/C21H24F3N7OS/c1-12-6-7-16(31-26-10-14(3)29-31)15(9-12)18(32)30-8-4-5-13(2)17(30)11-25-20-28-27-19(33-20)21(22,23)24/h6-7,9-10,13,17H,4-5,8,11H2,1-3H3,(H,25,28)/t13-,17-/m1/s1. The average Bonchev–Trinajstić information content (AvgIpc) is 3.41. The van der Waals surface area contributed by atoms with Crippen molar-refractivity contribution in [2.75, 3.05) is 18.4 Å². The van der Waals surface area contributed by atoms with Crippen molar-refractivity contribution in [3.05, 3.63) is 46.2 Å². The van der Waals surface area contributed by atoms with Gasteiger partial charge < -0.3 is 10.2 Å². The molecule has 1 N–H and O–H groups in total. The molecule has 0 saturated carbocycles. The minimum absolute atomic E-state index is 0.0833. The SMILES string of the molecule is Cc1ccc(-n2ncc(C)n2)c(C(=O)N2CCC[C@@H](C)[C@H]2CNc2nnc(C(F)(F)F)s2)c1. The molecule has 0 bridgehead atoms. The second kappa shape index (κ2) is 9.08. The van der Waals surface area contributed by atoms with Crippen LogP contribution in [0, 0.1) is 19.8 Å². The summed E-state index contributed by atoms with van der Waals surface area (Å²) in [4.78, 5) is 17.0. The van der Waals surface area contributed by atoms with Crippen molar-refractivity contribution >= 4 is 22.4 Å². The van der Waals surface area contributed by atoms with Crippen molar-refractivity contribution in [2.45, 2.75) is 45.8 Å². The quantitative estimate of drug-likeness (QED) is 0.593. The van der Waals surface area contributed by atoms with Crippen LogP contribution in [0.5, 0.6) is 0 Å². The summed E-state index contributed by atoms with van der Waals surface area (Å²) in [5.41, 5.74) is 2.74. The van der Waals surface area contributed by atoms with E-state index in [4.69, 9.17) is 0 Å². The second-order valence-electron chi connectivity index (χ2n) is 8.27. The van der Waals surface area contributed by atoms with Crippen LogP contribution in [-0.2, 0) is 6.18 Å². The summed E-state index contributed by atoms with van der Waals surface area (Å²) in [6.07, 6.45) is -1.14. The Bertz CT molecular complexity index is 1140. The third-order valence-electron chi connectivity index (χ3n) is 5.71. The largest absolute Gasteiger partial charge is 0.445 e. The number of nitrogens with one attached hydrogen (secondary N) is 1. The number of aryl methyl sites for hydroxylation is 2. The van der Waals surface area contributed by atoms with Crippen LogP contribution >= 0.6 is 11.3 Å². The summed E-state index contributed by atoms with van der Waals surface area (Å²) in [5.74, 6) is -0.00112. The number of aromatic nitrogens is 5. The lowest BCUT2D eigenvalue weighted by Gasteiger charge is -2.40. The van der Waals surface area contributed by atoms with Gasteiger partial charge in [0.1, 0.15) is 0 Å². The van der Waals surface area contributed by atoms with E-state index in [1.807, 2.05) is 39.0 Å². The van der Waals surface area contributed by atoms with Crippen molar-refractivity contribution in [1.29, 1.82) is 0 Å². The van der Waals surface area contributed by atoms with E-state index in [1.54, 1.807) is 11.1 Å². The number of carbonyl (C=O) groups excluding carboxylic acids is 1. The Morgan fingerprint density at radius 3 is 2.73 bits per heavy atom. The molecule has 2 aromatic heterocycles. The Morgan fingerprint density at radius 2 is 2.06 bits per heavy atom. The van der Waals surface area contributed by atoms with E-state index in [9.17, 15) is 18.0 Å². The monoisotopic (exact) mass is 479 g/mol. The number of rotatable bonds is 5. The van der Waals surface area contributed by atoms with E-state index in [1.165, 1.54) is 4.80 Å². The lowest BCUT2D eigenvalue weighted by atomic mass is 9.90. The molecule has 4 rings (SSSR count). The van der Waals surface area contributed by atoms with Crippen LogP contribution in [-0.4, -0.2) is 55.1 Å². The van der Waals surface area contributed by atoms with E-state index >= 15 is 0 Å². The van der Waals surface area contributed by atoms with Crippen LogP contribution < -0.4 is 5.32 Å². The van der Waals surface area contributed by atoms with E-state index in [-0.39, 0.29) is 29.5 Å². The van der Waals surface area contributed by atoms with Crippen molar-refractivity contribution in [1.82, 2.24) is 30.1 Å². The third-order valence-corrected chi connectivity index (χ3v) is 6.64. The maximum Gasteiger partial charge on any atom is 0.445 e. The highest BCUT2D eigenvalue weighted by atomic mass is 32.1. The highest BCUT2D eigenvalue weighted by Crippen LogP contribution is 2.33.